The van der Waals surface area contributed by atoms with Crippen LogP contribution in [-0.4, -0.2) is 41.6 Å². The van der Waals surface area contributed by atoms with E-state index >= 15 is 0 Å². The largest absolute Gasteiger partial charge is 0.374 e. The van der Waals surface area contributed by atoms with Gasteiger partial charge in [-0.3, -0.25) is 9.88 Å². The zero-order valence-electron chi connectivity index (χ0n) is 8.90. The molecule has 5 heteroatoms. The summed E-state index contributed by atoms with van der Waals surface area (Å²) in [6.45, 7) is 3.35. The molecule has 1 aromatic rings. The number of halogens is 2. The minimum Gasteiger partial charge on any atom is -0.374 e. The molecule has 3 nitrogen and oxygen atoms in total. The van der Waals surface area contributed by atoms with Gasteiger partial charge in [0, 0.05) is 37.9 Å². The van der Waals surface area contributed by atoms with E-state index in [-0.39, 0.29) is 6.10 Å². The lowest BCUT2D eigenvalue weighted by atomic mass is 10.2. The fourth-order valence-electron chi connectivity index (χ4n) is 1.79. The number of hydrogen-bond donors (Lipinski definition) is 0. The second kappa shape index (κ2) is 5.82. The van der Waals surface area contributed by atoms with Gasteiger partial charge in [-0.1, -0.05) is 11.6 Å². The van der Waals surface area contributed by atoms with Crippen molar-refractivity contribution in [3.63, 3.8) is 0 Å². The Labute approximate surface area is 105 Å². The molecule has 0 saturated carbocycles. The van der Waals surface area contributed by atoms with Gasteiger partial charge in [0.2, 0.25) is 0 Å². The van der Waals surface area contributed by atoms with E-state index in [9.17, 15) is 0 Å². The van der Waals surface area contributed by atoms with Gasteiger partial charge >= 0.3 is 0 Å². The second-order valence-electron chi connectivity index (χ2n) is 3.85. The molecule has 1 atom stereocenters. The Bertz CT molecular complexity index is 349. The maximum Gasteiger partial charge on any atom is 0.0837 e. The summed E-state index contributed by atoms with van der Waals surface area (Å²) in [5.41, 5.74) is 1.10. The molecular formula is C11H14Cl2N2O. The lowest BCUT2D eigenvalue weighted by molar-refractivity contribution is -0.0193. The SMILES string of the molecule is ClCC1CN(Cc2ccncc2Cl)CCO1. The first-order valence-electron chi connectivity index (χ1n) is 5.28. The first kappa shape index (κ1) is 12.1. The van der Waals surface area contributed by atoms with Crippen molar-refractivity contribution < 1.29 is 4.74 Å². The van der Waals surface area contributed by atoms with E-state index in [0.29, 0.717) is 5.88 Å². The Morgan fingerprint density at radius 1 is 1.56 bits per heavy atom. The maximum atomic E-state index is 6.07. The molecule has 88 valence electrons. The minimum absolute atomic E-state index is 0.135. The summed E-state index contributed by atoms with van der Waals surface area (Å²) in [5.74, 6) is 0.542. The molecule has 1 aliphatic heterocycles. The average molecular weight is 261 g/mol. The van der Waals surface area contributed by atoms with Crippen LogP contribution in [0, 0.1) is 0 Å². The molecule has 2 rings (SSSR count). The van der Waals surface area contributed by atoms with E-state index < -0.39 is 0 Å². The number of alkyl halides is 1. The molecule has 0 amide bonds. The van der Waals surface area contributed by atoms with Crippen LogP contribution in [-0.2, 0) is 11.3 Å². The molecule has 16 heavy (non-hydrogen) atoms. The van der Waals surface area contributed by atoms with Gasteiger partial charge in [0.1, 0.15) is 0 Å². The van der Waals surface area contributed by atoms with E-state index in [1.54, 1.807) is 12.4 Å². The van der Waals surface area contributed by atoms with Gasteiger partial charge in [-0.05, 0) is 11.6 Å². The number of ether oxygens (including phenoxy) is 1. The summed E-state index contributed by atoms with van der Waals surface area (Å²) in [4.78, 5) is 6.28. The van der Waals surface area contributed by atoms with Gasteiger partial charge in [-0.2, -0.15) is 0 Å². The number of nitrogens with zero attached hydrogens (tertiary/aromatic N) is 2. The molecular weight excluding hydrogens is 247 g/mol. The highest BCUT2D eigenvalue weighted by atomic mass is 35.5. The second-order valence-corrected chi connectivity index (χ2v) is 4.57. The molecule has 1 saturated heterocycles. The van der Waals surface area contributed by atoms with Crippen LogP contribution in [0.5, 0.6) is 0 Å². The van der Waals surface area contributed by atoms with E-state index in [0.717, 1.165) is 36.8 Å². The first-order valence-corrected chi connectivity index (χ1v) is 6.19. The highest BCUT2D eigenvalue weighted by molar-refractivity contribution is 6.31. The standard InChI is InChI=1S/C11H14Cl2N2O/c12-5-10-8-15(3-4-16-10)7-9-1-2-14-6-11(9)13/h1-2,6,10H,3-5,7-8H2. The van der Waals surface area contributed by atoms with Crippen LogP contribution < -0.4 is 0 Å². The van der Waals surface area contributed by atoms with E-state index in [2.05, 4.69) is 9.88 Å². The van der Waals surface area contributed by atoms with Gasteiger partial charge < -0.3 is 4.74 Å². The van der Waals surface area contributed by atoms with Crippen LogP contribution in [0.15, 0.2) is 18.5 Å². The average Bonchev–Trinajstić information content (AvgIpc) is 2.32. The third kappa shape index (κ3) is 3.08. The number of pyridine rings is 1. The monoisotopic (exact) mass is 260 g/mol. The van der Waals surface area contributed by atoms with Crippen molar-refractivity contribution in [1.29, 1.82) is 0 Å². The molecule has 0 N–H and O–H groups in total. The van der Waals surface area contributed by atoms with Crippen molar-refractivity contribution in [3.8, 4) is 0 Å². The summed E-state index contributed by atoms with van der Waals surface area (Å²) in [6, 6.07) is 1.95. The molecule has 0 bridgehead atoms. The topological polar surface area (TPSA) is 25.4 Å². The molecule has 0 radical (unpaired) electrons. The van der Waals surface area contributed by atoms with Gasteiger partial charge in [-0.25, -0.2) is 0 Å². The van der Waals surface area contributed by atoms with Crippen LogP contribution in [0.2, 0.25) is 5.02 Å². The highest BCUT2D eigenvalue weighted by Gasteiger charge is 2.20. The highest BCUT2D eigenvalue weighted by Crippen LogP contribution is 2.17. The van der Waals surface area contributed by atoms with E-state index in [1.165, 1.54) is 0 Å². The van der Waals surface area contributed by atoms with Gasteiger partial charge in [0.05, 0.1) is 17.7 Å². The minimum atomic E-state index is 0.135. The van der Waals surface area contributed by atoms with Crippen LogP contribution >= 0.6 is 23.2 Å². The fourth-order valence-corrected chi connectivity index (χ4v) is 2.16. The molecule has 1 unspecified atom stereocenters. The molecule has 0 aromatic carbocycles. The molecule has 2 heterocycles. The summed E-state index contributed by atoms with van der Waals surface area (Å²) >= 11 is 11.9. The Kier molecular flexibility index (Phi) is 4.41. The smallest absolute Gasteiger partial charge is 0.0837 e. The Balaban J connectivity index is 1.97. The Morgan fingerprint density at radius 3 is 3.19 bits per heavy atom. The van der Waals surface area contributed by atoms with Crippen molar-refractivity contribution in [2.45, 2.75) is 12.6 Å². The molecule has 1 fully saturated rings. The summed E-state index contributed by atoms with van der Waals surface area (Å²) in [6.07, 6.45) is 3.58. The van der Waals surface area contributed by atoms with E-state index in [1.807, 2.05) is 6.07 Å². The Morgan fingerprint density at radius 2 is 2.44 bits per heavy atom. The maximum absolute atomic E-state index is 6.07. The number of morpholine rings is 1. The van der Waals surface area contributed by atoms with Crippen molar-refractivity contribution in [2.75, 3.05) is 25.6 Å². The van der Waals surface area contributed by atoms with Gasteiger partial charge in [0.15, 0.2) is 0 Å². The summed E-state index contributed by atoms with van der Waals surface area (Å²) < 4.78 is 5.51. The van der Waals surface area contributed by atoms with Crippen LogP contribution in [0.25, 0.3) is 0 Å². The van der Waals surface area contributed by atoms with Crippen LogP contribution in [0.1, 0.15) is 5.56 Å². The van der Waals surface area contributed by atoms with Crippen LogP contribution in [0.3, 0.4) is 0 Å². The summed E-state index contributed by atoms with van der Waals surface area (Å²) in [5, 5.41) is 0.719. The predicted octanol–water partition coefficient (Wildman–Crippen LogP) is 2.17. The van der Waals surface area contributed by atoms with Gasteiger partial charge in [-0.15, -0.1) is 11.6 Å². The third-order valence-corrected chi connectivity index (χ3v) is 3.33. The van der Waals surface area contributed by atoms with Crippen molar-refractivity contribution in [1.82, 2.24) is 9.88 Å². The zero-order chi connectivity index (χ0) is 11.4. The van der Waals surface area contributed by atoms with Gasteiger partial charge in [0.25, 0.3) is 0 Å². The van der Waals surface area contributed by atoms with E-state index in [4.69, 9.17) is 27.9 Å². The lowest BCUT2D eigenvalue weighted by Crippen LogP contribution is -2.42. The Hall–Kier alpha value is -0.350. The third-order valence-electron chi connectivity index (χ3n) is 2.65. The predicted molar refractivity (Wildman–Crippen MR) is 65.0 cm³/mol. The lowest BCUT2D eigenvalue weighted by Gasteiger charge is -2.32. The molecule has 1 aromatic heterocycles. The zero-order valence-corrected chi connectivity index (χ0v) is 10.4. The molecule has 0 aliphatic carbocycles. The van der Waals surface area contributed by atoms with Crippen LogP contribution in [0.4, 0.5) is 0 Å². The quantitative estimate of drug-likeness (QED) is 0.780. The molecule has 0 spiro atoms. The first-order chi connectivity index (χ1) is 7.79. The summed E-state index contributed by atoms with van der Waals surface area (Å²) in [7, 11) is 0. The number of hydrogen-bond acceptors (Lipinski definition) is 3. The fraction of sp³-hybridized carbons (Fsp3) is 0.545. The number of aromatic nitrogens is 1. The normalized spacial score (nSPS) is 22.2. The molecule has 1 aliphatic rings. The van der Waals surface area contributed by atoms with Crippen molar-refractivity contribution in [3.05, 3.63) is 29.0 Å². The number of rotatable bonds is 3. The van der Waals surface area contributed by atoms with Crippen molar-refractivity contribution in [2.24, 2.45) is 0 Å². The van der Waals surface area contributed by atoms with Crippen molar-refractivity contribution >= 4 is 23.2 Å².